The highest BCUT2D eigenvalue weighted by atomic mass is 35.5. The molecule has 2 heterocycles. The fraction of sp³-hybridized carbons (Fsp3) is 0.368. The Morgan fingerprint density at radius 2 is 2.10 bits per heavy atom. The van der Waals surface area contributed by atoms with E-state index in [1.165, 1.54) is 18.4 Å². The molecule has 11 heteroatoms. The van der Waals surface area contributed by atoms with Crippen molar-refractivity contribution in [1.82, 2.24) is 10.0 Å². The van der Waals surface area contributed by atoms with Crippen LogP contribution in [0.3, 0.4) is 0 Å². The third-order valence-electron chi connectivity index (χ3n) is 4.36. The maximum atomic E-state index is 12.6. The molecule has 2 N–H and O–H groups in total. The number of esters is 1. The van der Waals surface area contributed by atoms with Crippen molar-refractivity contribution in [3.05, 3.63) is 52.9 Å². The van der Waals surface area contributed by atoms with Crippen molar-refractivity contribution in [3.8, 4) is 0 Å². The van der Waals surface area contributed by atoms with Crippen LogP contribution in [-0.4, -0.2) is 46.2 Å². The highest BCUT2D eigenvalue weighted by Crippen LogP contribution is 2.23. The van der Waals surface area contributed by atoms with Crippen LogP contribution < -0.4 is 10.0 Å². The third kappa shape index (κ3) is 6.05. The van der Waals surface area contributed by atoms with E-state index in [1.54, 1.807) is 12.1 Å². The number of hydrogen-bond donors (Lipinski definition) is 2. The number of halogens is 1. The quantitative estimate of drug-likeness (QED) is 0.552. The lowest BCUT2D eigenvalue weighted by Crippen LogP contribution is -2.32. The Balaban J connectivity index is 1.57. The molecular formula is C19H21ClN2O7S. The summed E-state index contributed by atoms with van der Waals surface area (Å²) in [4.78, 5) is 23.8. The molecule has 1 atom stereocenters. The van der Waals surface area contributed by atoms with Crippen LogP contribution in [0.1, 0.15) is 29.0 Å². The fourth-order valence-electron chi connectivity index (χ4n) is 2.79. The van der Waals surface area contributed by atoms with E-state index in [1.807, 2.05) is 0 Å². The second-order valence-electron chi connectivity index (χ2n) is 6.56. The second-order valence-corrected chi connectivity index (χ2v) is 8.71. The molecule has 3 rings (SSSR count). The normalized spacial score (nSPS) is 16.4. The molecule has 1 amide bonds. The molecule has 1 aliphatic heterocycles. The molecular weight excluding hydrogens is 436 g/mol. The molecule has 162 valence electrons. The average Bonchev–Trinajstić information content (AvgIpc) is 3.43. The smallest absolute Gasteiger partial charge is 0.338 e. The Morgan fingerprint density at radius 1 is 1.27 bits per heavy atom. The van der Waals surface area contributed by atoms with E-state index in [0.717, 1.165) is 18.9 Å². The minimum Gasteiger partial charge on any atom is -0.467 e. The number of carbonyl (C=O) groups is 2. The molecule has 0 radical (unpaired) electrons. The van der Waals surface area contributed by atoms with E-state index in [9.17, 15) is 18.0 Å². The summed E-state index contributed by atoms with van der Waals surface area (Å²) in [5.74, 6) is -0.826. The summed E-state index contributed by atoms with van der Waals surface area (Å²) in [6.07, 6.45) is 2.93. The zero-order chi connectivity index (χ0) is 21.6. The maximum Gasteiger partial charge on any atom is 0.338 e. The molecule has 1 aliphatic rings. The van der Waals surface area contributed by atoms with E-state index < -0.39 is 28.5 Å². The van der Waals surface area contributed by atoms with E-state index in [2.05, 4.69) is 10.0 Å². The first-order valence-corrected chi connectivity index (χ1v) is 11.1. The van der Waals surface area contributed by atoms with Crippen molar-refractivity contribution in [2.75, 3.05) is 19.8 Å². The molecule has 1 unspecified atom stereocenters. The monoisotopic (exact) mass is 456 g/mol. The Hall–Kier alpha value is -2.40. The summed E-state index contributed by atoms with van der Waals surface area (Å²) in [5.41, 5.74) is -0.0456. The number of furan rings is 1. The van der Waals surface area contributed by atoms with Gasteiger partial charge in [-0.05, 0) is 43.2 Å². The van der Waals surface area contributed by atoms with E-state index >= 15 is 0 Å². The Labute approximate surface area is 178 Å². The van der Waals surface area contributed by atoms with Crippen LogP contribution in [0.25, 0.3) is 0 Å². The van der Waals surface area contributed by atoms with E-state index in [-0.39, 0.29) is 34.7 Å². The van der Waals surface area contributed by atoms with Crippen LogP contribution in [0, 0.1) is 0 Å². The molecule has 1 aromatic carbocycles. The molecule has 0 spiro atoms. The minimum atomic E-state index is -3.96. The summed E-state index contributed by atoms with van der Waals surface area (Å²) in [6.45, 7) is 0.345. The number of amides is 1. The Bertz CT molecular complexity index is 986. The Morgan fingerprint density at radius 3 is 2.80 bits per heavy atom. The summed E-state index contributed by atoms with van der Waals surface area (Å²) < 4.78 is 43.0. The van der Waals surface area contributed by atoms with Crippen molar-refractivity contribution < 1.29 is 31.9 Å². The lowest BCUT2D eigenvalue weighted by Gasteiger charge is -2.13. The zero-order valence-corrected chi connectivity index (χ0v) is 17.5. The van der Waals surface area contributed by atoms with Gasteiger partial charge in [-0.25, -0.2) is 17.9 Å². The van der Waals surface area contributed by atoms with Crippen molar-refractivity contribution >= 4 is 33.5 Å². The van der Waals surface area contributed by atoms with Gasteiger partial charge in [0.05, 0.1) is 29.5 Å². The molecule has 0 saturated carbocycles. The molecule has 1 aromatic heterocycles. The predicted octanol–water partition coefficient (Wildman–Crippen LogP) is 1.86. The van der Waals surface area contributed by atoms with Crippen LogP contribution in [0.5, 0.6) is 0 Å². The molecule has 1 fully saturated rings. The third-order valence-corrected chi connectivity index (χ3v) is 6.26. The van der Waals surface area contributed by atoms with Crippen LogP contribution in [-0.2, 0) is 30.8 Å². The second kappa shape index (κ2) is 10.1. The molecule has 30 heavy (non-hydrogen) atoms. The van der Waals surface area contributed by atoms with Crippen LogP contribution in [0.15, 0.2) is 45.9 Å². The zero-order valence-electron chi connectivity index (χ0n) is 15.9. The number of hydrogen-bond acceptors (Lipinski definition) is 7. The Kier molecular flexibility index (Phi) is 7.48. The predicted molar refractivity (Wildman–Crippen MR) is 106 cm³/mol. The maximum absolute atomic E-state index is 12.6. The van der Waals surface area contributed by atoms with Crippen LogP contribution >= 0.6 is 11.6 Å². The first-order chi connectivity index (χ1) is 14.3. The van der Waals surface area contributed by atoms with E-state index in [0.29, 0.717) is 12.4 Å². The largest absolute Gasteiger partial charge is 0.467 e. The number of rotatable bonds is 9. The van der Waals surface area contributed by atoms with Gasteiger partial charge in [-0.2, -0.15) is 0 Å². The van der Waals surface area contributed by atoms with Gasteiger partial charge in [0.15, 0.2) is 6.61 Å². The summed E-state index contributed by atoms with van der Waals surface area (Å²) in [5, 5.41) is 2.49. The SMILES string of the molecule is O=C(COC(=O)c1ccc(Cl)c(S(=O)(=O)NCC2CCCO2)c1)NCc1ccco1. The number of nitrogens with one attached hydrogen (secondary N) is 2. The van der Waals surface area contributed by atoms with E-state index in [4.69, 9.17) is 25.5 Å². The molecule has 9 nitrogen and oxygen atoms in total. The molecule has 0 bridgehead atoms. The van der Waals surface area contributed by atoms with Gasteiger partial charge in [0.2, 0.25) is 10.0 Å². The lowest BCUT2D eigenvalue weighted by molar-refractivity contribution is -0.124. The van der Waals surface area contributed by atoms with Gasteiger partial charge in [0.1, 0.15) is 10.7 Å². The van der Waals surface area contributed by atoms with Gasteiger partial charge < -0.3 is 19.2 Å². The van der Waals surface area contributed by atoms with Crippen molar-refractivity contribution in [1.29, 1.82) is 0 Å². The molecule has 2 aromatic rings. The highest BCUT2D eigenvalue weighted by Gasteiger charge is 2.24. The molecule has 1 saturated heterocycles. The van der Waals surface area contributed by atoms with Gasteiger partial charge in [-0.3, -0.25) is 4.79 Å². The number of carbonyl (C=O) groups excluding carboxylic acids is 2. The first kappa shape index (κ1) is 22.3. The lowest BCUT2D eigenvalue weighted by atomic mass is 10.2. The standard InChI is InChI=1S/C19H21ClN2O7S/c20-16-6-5-13(9-17(16)30(25,26)22-11-15-4-2-8-28-15)19(24)29-12-18(23)21-10-14-3-1-7-27-14/h1,3,5-7,9,15,22H,2,4,8,10-12H2,(H,21,23). The number of benzene rings is 1. The topological polar surface area (TPSA) is 124 Å². The van der Waals surface area contributed by atoms with Gasteiger partial charge in [-0.1, -0.05) is 11.6 Å². The van der Waals surface area contributed by atoms with Crippen LogP contribution in [0.4, 0.5) is 0 Å². The summed E-state index contributed by atoms with van der Waals surface area (Å²) in [7, 11) is -3.96. The first-order valence-electron chi connectivity index (χ1n) is 9.22. The average molecular weight is 457 g/mol. The summed E-state index contributed by atoms with van der Waals surface area (Å²) in [6, 6.07) is 7.10. The van der Waals surface area contributed by atoms with Gasteiger partial charge in [-0.15, -0.1) is 0 Å². The van der Waals surface area contributed by atoms with Gasteiger partial charge in [0, 0.05) is 13.2 Å². The van der Waals surface area contributed by atoms with Gasteiger partial charge >= 0.3 is 5.97 Å². The van der Waals surface area contributed by atoms with Crippen LogP contribution in [0.2, 0.25) is 5.02 Å². The fourth-order valence-corrected chi connectivity index (χ4v) is 4.38. The van der Waals surface area contributed by atoms with Gasteiger partial charge in [0.25, 0.3) is 5.91 Å². The number of ether oxygens (including phenoxy) is 2. The molecule has 0 aliphatic carbocycles. The minimum absolute atomic E-state index is 0.0393. The summed E-state index contributed by atoms with van der Waals surface area (Å²) >= 11 is 6.02. The highest BCUT2D eigenvalue weighted by molar-refractivity contribution is 7.89. The number of sulfonamides is 1. The van der Waals surface area contributed by atoms with Crippen molar-refractivity contribution in [2.24, 2.45) is 0 Å². The van der Waals surface area contributed by atoms with Crippen molar-refractivity contribution in [3.63, 3.8) is 0 Å². The van der Waals surface area contributed by atoms with Crippen molar-refractivity contribution in [2.45, 2.75) is 30.4 Å².